The van der Waals surface area contributed by atoms with Crippen molar-refractivity contribution in [2.24, 2.45) is 5.92 Å². The summed E-state index contributed by atoms with van der Waals surface area (Å²) in [5.74, 6) is 0.969. The molecule has 1 atom stereocenters. The largest absolute Gasteiger partial charge is 0.346 e. The predicted molar refractivity (Wildman–Crippen MR) is 101 cm³/mol. The average Bonchev–Trinajstić information content (AvgIpc) is 3.56. The van der Waals surface area contributed by atoms with Gasteiger partial charge in [-0.15, -0.1) is 11.3 Å². The summed E-state index contributed by atoms with van der Waals surface area (Å²) in [7, 11) is 0. The van der Waals surface area contributed by atoms with Gasteiger partial charge in [0.05, 0.1) is 10.9 Å². The fourth-order valence-electron chi connectivity index (χ4n) is 5.49. The van der Waals surface area contributed by atoms with Gasteiger partial charge in [0.15, 0.2) is 0 Å². The molecule has 4 heterocycles. The molecule has 1 amide bonds. The summed E-state index contributed by atoms with van der Waals surface area (Å²) in [4.78, 5) is 16.4. The molecule has 3 aliphatic heterocycles. The quantitative estimate of drug-likeness (QED) is 0.875. The molecular weight excluding hydrogens is 347 g/mol. The van der Waals surface area contributed by atoms with Crippen LogP contribution >= 0.6 is 11.3 Å². The Balaban J connectivity index is 1.32. The highest BCUT2D eigenvalue weighted by molar-refractivity contribution is 7.21. The van der Waals surface area contributed by atoms with E-state index < -0.39 is 0 Å². The first-order valence-electron chi connectivity index (χ1n) is 9.93. The highest BCUT2D eigenvalue weighted by atomic mass is 32.1. The first kappa shape index (κ1) is 15.6. The monoisotopic (exact) mass is 370 g/mol. The summed E-state index contributed by atoms with van der Waals surface area (Å²) in [5, 5.41) is 4.28. The van der Waals surface area contributed by atoms with Gasteiger partial charge in [-0.25, -0.2) is 4.39 Å². The maximum absolute atomic E-state index is 14.0. The van der Waals surface area contributed by atoms with Gasteiger partial charge in [0.2, 0.25) is 0 Å². The molecule has 2 bridgehead atoms. The van der Waals surface area contributed by atoms with Crippen LogP contribution in [0.25, 0.3) is 10.1 Å². The van der Waals surface area contributed by atoms with E-state index in [0.717, 1.165) is 33.4 Å². The van der Waals surface area contributed by atoms with Gasteiger partial charge in [-0.05, 0) is 92.6 Å². The number of piperidine rings is 3. The summed E-state index contributed by atoms with van der Waals surface area (Å²) in [5.41, 5.74) is 1.35. The minimum Gasteiger partial charge on any atom is -0.346 e. The molecule has 7 rings (SSSR count). The summed E-state index contributed by atoms with van der Waals surface area (Å²) < 4.78 is 15.1. The Hall–Kier alpha value is -1.46. The number of hydrogen-bond donors (Lipinski definition) is 1. The first-order valence-corrected chi connectivity index (χ1v) is 10.7. The molecular formula is C21H23FN2OS. The normalized spacial score (nSPS) is 31.5. The summed E-state index contributed by atoms with van der Waals surface area (Å²) in [6.45, 7) is 2.40. The van der Waals surface area contributed by atoms with E-state index in [0.29, 0.717) is 17.9 Å². The van der Waals surface area contributed by atoms with E-state index in [2.05, 4.69) is 10.2 Å². The Kier molecular flexibility index (Phi) is 3.17. The molecule has 26 heavy (non-hydrogen) atoms. The number of nitrogens with one attached hydrogen (secondary N) is 1. The van der Waals surface area contributed by atoms with Gasteiger partial charge in [0, 0.05) is 10.2 Å². The van der Waals surface area contributed by atoms with E-state index in [1.54, 1.807) is 23.5 Å². The Morgan fingerprint density at radius 1 is 1.15 bits per heavy atom. The van der Waals surface area contributed by atoms with E-state index in [1.165, 1.54) is 38.8 Å². The van der Waals surface area contributed by atoms with Crippen molar-refractivity contribution in [1.82, 2.24) is 10.2 Å². The molecule has 1 N–H and O–H groups in total. The number of rotatable bonds is 3. The van der Waals surface area contributed by atoms with E-state index >= 15 is 0 Å². The van der Waals surface area contributed by atoms with Crippen molar-refractivity contribution in [2.75, 3.05) is 13.1 Å². The van der Waals surface area contributed by atoms with Crippen LogP contribution < -0.4 is 5.32 Å². The molecule has 5 heteroatoms. The average molecular weight is 370 g/mol. The van der Waals surface area contributed by atoms with Gasteiger partial charge in [0.1, 0.15) is 5.82 Å². The van der Waals surface area contributed by atoms with Crippen molar-refractivity contribution in [2.45, 2.75) is 56.0 Å². The van der Waals surface area contributed by atoms with Crippen LogP contribution in [0.2, 0.25) is 0 Å². The second-order valence-electron chi connectivity index (χ2n) is 8.68. The van der Waals surface area contributed by atoms with E-state index in [9.17, 15) is 9.18 Å². The van der Waals surface area contributed by atoms with Crippen molar-refractivity contribution in [3.05, 3.63) is 34.5 Å². The maximum atomic E-state index is 14.0. The molecule has 3 nitrogen and oxygen atoms in total. The Morgan fingerprint density at radius 3 is 2.62 bits per heavy atom. The molecule has 2 aromatic rings. The number of hydrogen-bond acceptors (Lipinski definition) is 3. The van der Waals surface area contributed by atoms with Crippen molar-refractivity contribution in [3.8, 4) is 0 Å². The molecule has 5 fully saturated rings. The lowest BCUT2D eigenvalue weighted by Gasteiger charge is -2.52. The van der Waals surface area contributed by atoms with Crippen LogP contribution in [0.15, 0.2) is 18.2 Å². The molecule has 1 spiro atoms. The molecule has 136 valence electrons. The highest BCUT2D eigenvalue weighted by Crippen LogP contribution is 2.54. The van der Waals surface area contributed by atoms with Crippen LogP contribution in [0, 0.1) is 11.7 Å². The zero-order chi connectivity index (χ0) is 17.5. The lowest BCUT2D eigenvalue weighted by molar-refractivity contribution is -0.00138. The number of amides is 1. The summed E-state index contributed by atoms with van der Waals surface area (Å²) >= 11 is 1.55. The van der Waals surface area contributed by atoms with E-state index in [1.807, 2.05) is 6.07 Å². The fraction of sp³-hybridized carbons (Fsp3) is 0.571. The molecule has 2 aliphatic carbocycles. The van der Waals surface area contributed by atoms with Gasteiger partial charge < -0.3 is 5.32 Å². The Morgan fingerprint density at radius 2 is 1.92 bits per heavy atom. The lowest BCUT2D eigenvalue weighted by atomic mass is 9.77. The molecule has 1 aromatic heterocycles. The third-order valence-corrected chi connectivity index (χ3v) is 8.32. The highest BCUT2D eigenvalue weighted by Gasteiger charge is 2.60. The number of carbonyl (C=O) groups excluding carboxylic acids is 1. The van der Waals surface area contributed by atoms with Crippen LogP contribution in [0.3, 0.4) is 0 Å². The number of thiophene rings is 1. The van der Waals surface area contributed by atoms with E-state index in [-0.39, 0.29) is 17.3 Å². The van der Waals surface area contributed by atoms with Gasteiger partial charge in [0.25, 0.3) is 5.91 Å². The number of halogens is 1. The number of fused-ring (bicyclic) bond motifs is 3. The molecule has 1 aromatic carbocycles. The SMILES string of the molecule is O=C(N[C@H]1C2CCN(CC2)C12CC2)c1cc2cc(F)cc(C3CC3)c2s1. The predicted octanol–water partition coefficient (Wildman–Crippen LogP) is 4.27. The molecule has 0 radical (unpaired) electrons. The second kappa shape index (κ2) is 5.29. The van der Waals surface area contributed by atoms with Crippen LogP contribution in [-0.4, -0.2) is 35.5 Å². The van der Waals surface area contributed by atoms with Crippen molar-refractivity contribution in [1.29, 1.82) is 0 Å². The lowest BCUT2D eigenvalue weighted by Crippen LogP contribution is -2.65. The maximum Gasteiger partial charge on any atom is 0.261 e. The second-order valence-corrected chi connectivity index (χ2v) is 9.73. The Labute approximate surface area is 156 Å². The van der Waals surface area contributed by atoms with Crippen LogP contribution in [0.4, 0.5) is 4.39 Å². The standard InChI is InChI=1S/C21H23FN2OS/c22-15-9-14-10-17(26-18(14)16(11-15)12-1-2-12)20(25)23-19-13-3-7-24(8-4-13)21(19)5-6-21/h9-13,19H,1-8H2,(H,23,25)/t19-/m0/s1. The number of nitrogens with zero attached hydrogens (tertiary/aromatic N) is 1. The minimum absolute atomic E-state index is 0.0402. The van der Waals surface area contributed by atoms with E-state index in [4.69, 9.17) is 0 Å². The number of carbonyl (C=O) groups is 1. The smallest absolute Gasteiger partial charge is 0.261 e. The molecule has 2 saturated carbocycles. The van der Waals surface area contributed by atoms with Gasteiger partial charge in [-0.1, -0.05) is 0 Å². The van der Waals surface area contributed by atoms with Crippen molar-refractivity contribution < 1.29 is 9.18 Å². The Bertz CT molecular complexity index is 906. The van der Waals surface area contributed by atoms with Gasteiger partial charge >= 0.3 is 0 Å². The zero-order valence-corrected chi connectivity index (χ0v) is 15.6. The molecule has 0 unspecified atom stereocenters. The van der Waals surface area contributed by atoms with Crippen molar-refractivity contribution in [3.63, 3.8) is 0 Å². The zero-order valence-electron chi connectivity index (χ0n) is 14.8. The van der Waals surface area contributed by atoms with Crippen LogP contribution in [-0.2, 0) is 0 Å². The van der Waals surface area contributed by atoms with Crippen LogP contribution in [0.5, 0.6) is 0 Å². The van der Waals surface area contributed by atoms with Crippen LogP contribution in [0.1, 0.15) is 59.7 Å². The molecule has 3 saturated heterocycles. The molecule has 5 aliphatic rings. The number of benzene rings is 1. The van der Waals surface area contributed by atoms with Gasteiger partial charge in [-0.3, -0.25) is 9.69 Å². The third kappa shape index (κ3) is 2.23. The minimum atomic E-state index is -0.182. The fourth-order valence-corrected chi connectivity index (χ4v) is 6.62. The summed E-state index contributed by atoms with van der Waals surface area (Å²) in [6, 6.07) is 5.43. The van der Waals surface area contributed by atoms with Crippen molar-refractivity contribution >= 4 is 27.3 Å². The third-order valence-electron chi connectivity index (χ3n) is 7.12. The summed E-state index contributed by atoms with van der Waals surface area (Å²) in [6.07, 6.45) is 7.13. The first-order chi connectivity index (χ1) is 12.6. The topological polar surface area (TPSA) is 32.3 Å². The van der Waals surface area contributed by atoms with Gasteiger partial charge in [-0.2, -0.15) is 0 Å².